The van der Waals surface area contributed by atoms with Crippen LogP contribution in [0.5, 0.6) is 11.5 Å². The smallest absolute Gasteiger partial charge is 0.294 e. The summed E-state index contributed by atoms with van der Waals surface area (Å²) in [7, 11) is 3.05. The SMILES string of the molecule is COc1ccc(C(=O)C2=C(O)C(=O)N(c3ccc(-c4ccon4)cc3)C2c2ccccc2OC)cc1. The molecule has 1 atom stereocenters. The molecule has 0 saturated heterocycles. The molecule has 1 aliphatic heterocycles. The number of carbonyl (C=O) groups is 2. The van der Waals surface area contributed by atoms with E-state index in [1.165, 1.54) is 25.4 Å². The zero-order valence-electron chi connectivity index (χ0n) is 19.5. The van der Waals surface area contributed by atoms with Gasteiger partial charge in [-0.15, -0.1) is 0 Å². The first-order valence-electron chi connectivity index (χ1n) is 11.1. The number of ether oxygens (including phenoxy) is 2. The Morgan fingerprint density at radius 2 is 1.67 bits per heavy atom. The molecule has 1 aromatic heterocycles. The molecule has 0 radical (unpaired) electrons. The lowest BCUT2D eigenvalue weighted by atomic mass is 9.92. The number of hydrogen-bond donors (Lipinski definition) is 1. The van der Waals surface area contributed by atoms with E-state index in [9.17, 15) is 14.7 Å². The van der Waals surface area contributed by atoms with Crippen molar-refractivity contribution in [3.63, 3.8) is 0 Å². The number of rotatable bonds is 7. The highest BCUT2D eigenvalue weighted by Gasteiger charge is 2.45. The average molecular weight is 482 g/mol. The van der Waals surface area contributed by atoms with Gasteiger partial charge in [0.1, 0.15) is 23.5 Å². The Morgan fingerprint density at radius 3 is 2.31 bits per heavy atom. The molecule has 5 rings (SSSR count). The maximum atomic E-state index is 13.7. The minimum Gasteiger partial charge on any atom is -0.503 e. The predicted molar refractivity (Wildman–Crippen MR) is 132 cm³/mol. The summed E-state index contributed by atoms with van der Waals surface area (Å²) < 4.78 is 15.7. The first-order chi connectivity index (χ1) is 17.5. The van der Waals surface area contributed by atoms with Gasteiger partial charge in [0.2, 0.25) is 0 Å². The van der Waals surface area contributed by atoms with Crippen molar-refractivity contribution in [2.24, 2.45) is 0 Å². The molecule has 180 valence electrons. The predicted octanol–water partition coefficient (Wildman–Crippen LogP) is 5.14. The molecule has 8 nitrogen and oxygen atoms in total. The van der Waals surface area contributed by atoms with Gasteiger partial charge in [0.15, 0.2) is 11.5 Å². The molecule has 2 heterocycles. The number of aliphatic hydroxyl groups excluding tert-OH is 1. The zero-order chi connectivity index (χ0) is 25.2. The molecule has 4 aromatic rings. The highest BCUT2D eigenvalue weighted by Crippen LogP contribution is 2.45. The number of aromatic nitrogens is 1. The van der Waals surface area contributed by atoms with E-state index in [2.05, 4.69) is 5.16 Å². The number of para-hydroxylation sites is 1. The van der Waals surface area contributed by atoms with Crippen LogP contribution in [-0.2, 0) is 4.79 Å². The quantitative estimate of drug-likeness (QED) is 0.364. The number of hydrogen-bond acceptors (Lipinski definition) is 7. The number of aliphatic hydroxyl groups is 1. The van der Waals surface area contributed by atoms with Crippen LogP contribution in [0.25, 0.3) is 11.3 Å². The second-order valence-corrected chi connectivity index (χ2v) is 8.07. The van der Waals surface area contributed by atoms with Crippen LogP contribution in [0, 0.1) is 0 Å². The lowest BCUT2D eigenvalue weighted by Crippen LogP contribution is -2.31. The third-order valence-corrected chi connectivity index (χ3v) is 6.12. The Hall–Kier alpha value is -4.85. The van der Waals surface area contributed by atoms with Gasteiger partial charge in [-0.25, -0.2) is 0 Å². The lowest BCUT2D eigenvalue weighted by Gasteiger charge is -2.28. The van der Waals surface area contributed by atoms with Crippen molar-refractivity contribution in [2.45, 2.75) is 6.04 Å². The van der Waals surface area contributed by atoms with Gasteiger partial charge in [-0.3, -0.25) is 14.5 Å². The molecule has 1 unspecified atom stereocenters. The minimum atomic E-state index is -0.916. The van der Waals surface area contributed by atoms with Gasteiger partial charge in [0, 0.05) is 28.4 Å². The van der Waals surface area contributed by atoms with E-state index < -0.39 is 23.5 Å². The number of methoxy groups -OCH3 is 2. The van der Waals surface area contributed by atoms with Crippen molar-refractivity contribution < 1.29 is 28.7 Å². The van der Waals surface area contributed by atoms with Gasteiger partial charge < -0.3 is 19.1 Å². The molecule has 0 bridgehead atoms. The number of benzene rings is 3. The molecular weight excluding hydrogens is 460 g/mol. The maximum absolute atomic E-state index is 13.7. The molecule has 0 aliphatic carbocycles. The van der Waals surface area contributed by atoms with Crippen LogP contribution in [0.15, 0.2) is 101 Å². The second kappa shape index (κ2) is 9.42. The fourth-order valence-corrected chi connectivity index (χ4v) is 4.34. The summed E-state index contributed by atoms with van der Waals surface area (Å²) in [5.41, 5.74) is 2.78. The summed E-state index contributed by atoms with van der Waals surface area (Å²) >= 11 is 0. The van der Waals surface area contributed by atoms with Gasteiger partial charge >= 0.3 is 0 Å². The monoisotopic (exact) mass is 482 g/mol. The summed E-state index contributed by atoms with van der Waals surface area (Å²) in [6.45, 7) is 0. The summed E-state index contributed by atoms with van der Waals surface area (Å²) in [5.74, 6) is -0.693. The molecule has 1 amide bonds. The standard InChI is InChI=1S/C28H22N2O6/c1-34-20-13-9-18(10-14-20)26(31)24-25(21-5-3-4-6-23(21)35-2)30(28(33)27(24)32)19-11-7-17(8-12-19)22-15-16-36-29-22/h3-16,25,32H,1-2H3. The van der Waals surface area contributed by atoms with Crippen LogP contribution in [0.4, 0.5) is 5.69 Å². The number of Topliss-reactive ketones (excluding diaryl/α,β-unsaturated/α-hetero) is 1. The van der Waals surface area contributed by atoms with Crippen molar-refractivity contribution in [3.05, 3.63) is 108 Å². The normalized spacial score (nSPS) is 15.3. The van der Waals surface area contributed by atoms with E-state index in [1.807, 2.05) is 0 Å². The number of carbonyl (C=O) groups excluding carboxylic acids is 2. The van der Waals surface area contributed by atoms with E-state index in [-0.39, 0.29) is 5.57 Å². The fourth-order valence-electron chi connectivity index (χ4n) is 4.34. The van der Waals surface area contributed by atoms with Crippen molar-refractivity contribution in [3.8, 4) is 22.8 Å². The molecule has 36 heavy (non-hydrogen) atoms. The Morgan fingerprint density at radius 1 is 0.944 bits per heavy atom. The highest BCUT2D eigenvalue weighted by atomic mass is 16.5. The van der Waals surface area contributed by atoms with Crippen molar-refractivity contribution in [1.82, 2.24) is 5.16 Å². The van der Waals surface area contributed by atoms with E-state index in [1.54, 1.807) is 78.9 Å². The fraction of sp³-hybridized carbons (Fsp3) is 0.107. The van der Waals surface area contributed by atoms with Gasteiger partial charge in [0.05, 0.1) is 25.8 Å². The van der Waals surface area contributed by atoms with Crippen LogP contribution in [0.2, 0.25) is 0 Å². The number of anilines is 1. The van der Waals surface area contributed by atoms with Crippen LogP contribution in [0.3, 0.4) is 0 Å². The highest BCUT2D eigenvalue weighted by molar-refractivity contribution is 6.21. The second-order valence-electron chi connectivity index (χ2n) is 8.07. The van der Waals surface area contributed by atoms with E-state index >= 15 is 0 Å². The summed E-state index contributed by atoms with van der Waals surface area (Å²) in [4.78, 5) is 28.5. The van der Waals surface area contributed by atoms with Crippen molar-refractivity contribution in [1.29, 1.82) is 0 Å². The summed E-state index contributed by atoms with van der Waals surface area (Å²) in [6.07, 6.45) is 1.48. The number of amides is 1. The molecule has 0 saturated carbocycles. The minimum absolute atomic E-state index is 0.0322. The van der Waals surface area contributed by atoms with E-state index in [0.717, 1.165) is 5.56 Å². The Labute approximate surface area is 207 Å². The number of ketones is 1. The van der Waals surface area contributed by atoms with Crippen LogP contribution < -0.4 is 14.4 Å². The molecule has 1 N–H and O–H groups in total. The largest absolute Gasteiger partial charge is 0.503 e. The molecule has 0 spiro atoms. The molecule has 8 heteroatoms. The van der Waals surface area contributed by atoms with E-state index in [4.69, 9.17) is 14.0 Å². The van der Waals surface area contributed by atoms with Gasteiger partial charge in [-0.05, 0) is 42.5 Å². The van der Waals surface area contributed by atoms with E-state index in [0.29, 0.717) is 34.0 Å². The molecule has 0 fully saturated rings. The average Bonchev–Trinajstić information content (AvgIpc) is 3.55. The van der Waals surface area contributed by atoms with Crippen LogP contribution in [0.1, 0.15) is 22.0 Å². The third-order valence-electron chi connectivity index (χ3n) is 6.12. The maximum Gasteiger partial charge on any atom is 0.294 e. The Balaban J connectivity index is 1.62. The summed E-state index contributed by atoms with van der Waals surface area (Å²) in [5, 5.41) is 14.9. The number of nitrogens with zero attached hydrogens (tertiary/aromatic N) is 2. The lowest BCUT2D eigenvalue weighted by molar-refractivity contribution is -0.117. The van der Waals surface area contributed by atoms with Gasteiger partial charge in [-0.2, -0.15) is 0 Å². The van der Waals surface area contributed by atoms with Crippen LogP contribution in [-0.4, -0.2) is 36.2 Å². The Kier molecular flexibility index (Phi) is 6.00. The Bertz CT molecular complexity index is 1440. The molecular formula is C28H22N2O6. The van der Waals surface area contributed by atoms with Crippen molar-refractivity contribution in [2.75, 3.05) is 19.1 Å². The third kappa shape index (κ3) is 3.88. The first-order valence-corrected chi connectivity index (χ1v) is 11.1. The molecule has 3 aromatic carbocycles. The van der Waals surface area contributed by atoms with Crippen molar-refractivity contribution >= 4 is 17.4 Å². The van der Waals surface area contributed by atoms with Crippen LogP contribution >= 0.6 is 0 Å². The molecule has 1 aliphatic rings. The topological polar surface area (TPSA) is 102 Å². The van der Waals surface area contributed by atoms with Gasteiger partial charge in [-0.1, -0.05) is 35.5 Å². The summed E-state index contributed by atoms with van der Waals surface area (Å²) in [6, 6.07) is 21.5. The van der Waals surface area contributed by atoms with Gasteiger partial charge in [0.25, 0.3) is 5.91 Å². The zero-order valence-corrected chi connectivity index (χ0v) is 19.5. The first kappa shape index (κ1) is 22.9.